The molecule has 9 heteroatoms. The van der Waals surface area contributed by atoms with Gasteiger partial charge in [0, 0.05) is 24.0 Å². The van der Waals surface area contributed by atoms with Crippen LogP contribution in [0.15, 0.2) is 0 Å². The van der Waals surface area contributed by atoms with Crippen molar-refractivity contribution in [3.05, 3.63) is 0 Å². The molecule has 6 N–H and O–H groups in total. The molecule has 8 nitrogen and oxygen atoms in total. The number of ketones is 1. The van der Waals surface area contributed by atoms with Gasteiger partial charge in [0.25, 0.3) is 0 Å². The summed E-state index contributed by atoms with van der Waals surface area (Å²) < 4.78 is 0. The minimum atomic E-state index is -0.293. The fraction of sp³-hybridized carbons (Fsp3) is 0.824. The van der Waals surface area contributed by atoms with E-state index in [-0.39, 0.29) is 35.8 Å². The third-order valence-corrected chi connectivity index (χ3v) is 6.52. The zero-order chi connectivity index (χ0) is 18.9. The highest BCUT2D eigenvalue weighted by molar-refractivity contribution is 8.00. The smallest absolute Gasteiger partial charge is 0.315 e. The Kier molecular flexibility index (Phi) is 8.67. The number of hydrogen-bond acceptors (Lipinski definition) is 6. The van der Waals surface area contributed by atoms with E-state index in [1.54, 1.807) is 0 Å². The number of urea groups is 1. The molecule has 0 saturated carbocycles. The second-order valence-electron chi connectivity index (χ2n) is 7.04. The van der Waals surface area contributed by atoms with E-state index in [1.807, 2.05) is 11.8 Å². The fourth-order valence-corrected chi connectivity index (χ4v) is 5.01. The summed E-state index contributed by atoms with van der Waals surface area (Å²) >= 11 is 1.90. The summed E-state index contributed by atoms with van der Waals surface area (Å²) in [6.07, 6.45) is 5.80. The zero-order valence-corrected chi connectivity index (χ0v) is 16.2. The maximum Gasteiger partial charge on any atom is 0.315 e. The maximum absolute atomic E-state index is 11.9. The molecule has 2 saturated heterocycles. The summed E-state index contributed by atoms with van der Waals surface area (Å²) in [7, 11) is 0. The van der Waals surface area contributed by atoms with Crippen LogP contribution >= 0.6 is 11.8 Å². The number of amides is 3. The zero-order valence-electron chi connectivity index (χ0n) is 15.4. The van der Waals surface area contributed by atoms with E-state index >= 15 is 0 Å². The summed E-state index contributed by atoms with van der Waals surface area (Å²) in [5.74, 6) is 6.41. The first-order valence-electron chi connectivity index (χ1n) is 9.43. The lowest BCUT2D eigenvalue weighted by molar-refractivity contribution is -0.121. The Bertz CT molecular complexity index is 505. The van der Waals surface area contributed by atoms with Crippen molar-refractivity contribution in [3.8, 4) is 0 Å². The van der Waals surface area contributed by atoms with Gasteiger partial charge in [-0.3, -0.25) is 15.4 Å². The molecule has 148 valence electrons. The molecule has 4 atom stereocenters. The van der Waals surface area contributed by atoms with Gasteiger partial charge in [0.2, 0.25) is 5.91 Å². The van der Waals surface area contributed by atoms with Gasteiger partial charge in [-0.1, -0.05) is 6.42 Å². The van der Waals surface area contributed by atoms with Crippen LogP contribution in [0, 0.1) is 0 Å². The molecule has 3 amide bonds. The summed E-state index contributed by atoms with van der Waals surface area (Å²) in [5, 5.41) is 9.31. The normalized spacial score (nSPS) is 25.3. The van der Waals surface area contributed by atoms with Crippen LogP contribution in [-0.4, -0.2) is 53.4 Å². The largest absolute Gasteiger partial charge is 0.356 e. The van der Waals surface area contributed by atoms with Gasteiger partial charge in [0.15, 0.2) is 0 Å². The number of unbranched alkanes of at least 4 members (excludes halogenated alkanes) is 2. The monoisotopic (exact) mass is 385 g/mol. The van der Waals surface area contributed by atoms with Gasteiger partial charge in [-0.15, -0.1) is 0 Å². The van der Waals surface area contributed by atoms with E-state index in [0.29, 0.717) is 24.6 Å². The van der Waals surface area contributed by atoms with Gasteiger partial charge in [0.1, 0.15) is 5.78 Å². The lowest BCUT2D eigenvalue weighted by Gasteiger charge is -2.16. The molecule has 0 bridgehead atoms. The van der Waals surface area contributed by atoms with Crippen molar-refractivity contribution in [1.82, 2.24) is 21.4 Å². The number of hydrazine groups is 1. The quantitative estimate of drug-likeness (QED) is 0.143. The number of carbonyl (C=O) groups excluding carboxylic acids is 3. The highest BCUT2D eigenvalue weighted by Gasteiger charge is 2.42. The predicted octanol–water partition coefficient (Wildman–Crippen LogP) is 0.420. The molecule has 2 rings (SSSR count). The molecule has 0 aromatic carbocycles. The van der Waals surface area contributed by atoms with Crippen LogP contribution in [0.25, 0.3) is 0 Å². The van der Waals surface area contributed by atoms with Crippen molar-refractivity contribution < 1.29 is 14.4 Å². The topological polar surface area (TPSA) is 125 Å². The van der Waals surface area contributed by atoms with Crippen LogP contribution in [0.5, 0.6) is 0 Å². The summed E-state index contributed by atoms with van der Waals surface area (Å²) in [6, 6.07) is 0.154. The molecule has 0 radical (unpaired) electrons. The number of fused-ring (bicyclic) bond motifs is 1. The van der Waals surface area contributed by atoms with E-state index in [2.05, 4.69) is 21.4 Å². The molecule has 2 heterocycles. The van der Waals surface area contributed by atoms with Crippen LogP contribution in [0.1, 0.15) is 51.9 Å². The lowest BCUT2D eigenvalue weighted by atomic mass is 10.0. The van der Waals surface area contributed by atoms with Gasteiger partial charge in [-0.2, -0.15) is 11.8 Å². The molecule has 26 heavy (non-hydrogen) atoms. The Morgan fingerprint density at radius 3 is 2.81 bits per heavy atom. The van der Waals surface area contributed by atoms with Gasteiger partial charge >= 0.3 is 6.03 Å². The number of rotatable bonds is 12. The maximum atomic E-state index is 11.9. The molecule has 2 fully saturated rings. The lowest BCUT2D eigenvalue weighted by Crippen LogP contribution is -2.40. The van der Waals surface area contributed by atoms with Crippen LogP contribution < -0.4 is 27.2 Å². The number of carbonyl (C=O) groups is 3. The minimum Gasteiger partial charge on any atom is -0.356 e. The second-order valence-corrected chi connectivity index (χ2v) is 8.32. The minimum absolute atomic E-state index is 0.0382. The standard InChI is InChI=1S/C17H31N5O3S/c1-11(23)12(22-18)6-4-5-9-19-15(24)8-3-2-7-14-16-13(10-26-14)20-17(25)21-16/h12-14,16,22H,2-10,18H2,1H3,(H,19,24)(H2,20,21,25)/t12-,13+,14?,16+/m0/s1. The van der Waals surface area contributed by atoms with Crippen molar-refractivity contribution >= 4 is 29.5 Å². The average Bonchev–Trinajstić information content (AvgIpc) is 3.14. The number of nitrogens with one attached hydrogen (secondary N) is 4. The highest BCUT2D eigenvalue weighted by atomic mass is 32.2. The summed E-state index contributed by atoms with van der Waals surface area (Å²) in [4.78, 5) is 34.4. The van der Waals surface area contributed by atoms with E-state index in [9.17, 15) is 14.4 Å². The molecule has 2 aliphatic heterocycles. The van der Waals surface area contributed by atoms with Crippen molar-refractivity contribution in [2.75, 3.05) is 12.3 Å². The molecule has 0 spiro atoms. The van der Waals surface area contributed by atoms with Gasteiger partial charge in [0.05, 0.1) is 18.1 Å². The Labute approximate surface area is 159 Å². The first-order valence-corrected chi connectivity index (χ1v) is 10.5. The molecule has 0 aliphatic carbocycles. The van der Waals surface area contributed by atoms with E-state index in [4.69, 9.17) is 5.84 Å². The average molecular weight is 386 g/mol. The van der Waals surface area contributed by atoms with Crippen molar-refractivity contribution in [3.63, 3.8) is 0 Å². The Morgan fingerprint density at radius 1 is 1.27 bits per heavy atom. The number of Topliss-reactive ketones (excluding diaryl/α,β-unsaturated/α-hetero) is 1. The van der Waals surface area contributed by atoms with E-state index < -0.39 is 0 Å². The van der Waals surface area contributed by atoms with Gasteiger partial charge in [-0.05, 0) is 39.0 Å². The first-order chi connectivity index (χ1) is 12.5. The van der Waals surface area contributed by atoms with Crippen molar-refractivity contribution in [2.24, 2.45) is 5.84 Å². The molecule has 0 aromatic heterocycles. The molecule has 1 unspecified atom stereocenters. The van der Waals surface area contributed by atoms with E-state index in [0.717, 1.165) is 37.9 Å². The van der Waals surface area contributed by atoms with E-state index in [1.165, 1.54) is 6.92 Å². The Hall–Kier alpha value is -1.32. The second kappa shape index (κ2) is 10.7. The first kappa shape index (κ1) is 21.0. The molecule has 0 aromatic rings. The number of nitrogens with two attached hydrogens (primary N) is 1. The van der Waals surface area contributed by atoms with Crippen LogP contribution in [0.4, 0.5) is 4.79 Å². The molecular weight excluding hydrogens is 354 g/mol. The van der Waals surface area contributed by atoms with Crippen molar-refractivity contribution in [2.45, 2.75) is 75.2 Å². The Balaban J connectivity index is 1.47. The third kappa shape index (κ3) is 6.44. The van der Waals surface area contributed by atoms with Crippen LogP contribution in [-0.2, 0) is 9.59 Å². The molecular formula is C17H31N5O3S. The fourth-order valence-electron chi connectivity index (χ4n) is 3.47. The SMILES string of the molecule is CC(=O)[C@H](CCCCNC(=O)CCCCC1SC[C@H]2NC(=O)N[C@@H]12)NN. The third-order valence-electron chi connectivity index (χ3n) is 5.01. The highest BCUT2D eigenvalue weighted by Crippen LogP contribution is 2.33. The summed E-state index contributed by atoms with van der Waals surface area (Å²) in [5.41, 5.74) is 2.51. The van der Waals surface area contributed by atoms with Gasteiger partial charge in [-0.25, -0.2) is 10.2 Å². The summed E-state index contributed by atoms with van der Waals surface area (Å²) in [6.45, 7) is 2.15. The number of thioether (sulfide) groups is 1. The van der Waals surface area contributed by atoms with Crippen LogP contribution in [0.3, 0.4) is 0 Å². The predicted molar refractivity (Wildman–Crippen MR) is 103 cm³/mol. The van der Waals surface area contributed by atoms with Crippen molar-refractivity contribution in [1.29, 1.82) is 0 Å². The molecule has 2 aliphatic rings. The Morgan fingerprint density at radius 2 is 2.08 bits per heavy atom. The number of hydrogen-bond donors (Lipinski definition) is 5. The van der Waals surface area contributed by atoms with Gasteiger partial charge < -0.3 is 16.0 Å². The van der Waals surface area contributed by atoms with Crippen LogP contribution in [0.2, 0.25) is 0 Å².